The molecule has 0 saturated carbocycles. The van der Waals surface area contributed by atoms with Crippen molar-refractivity contribution < 1.29 is 18.7 Å². The van der Waals surface area contributed by atoms with E-state index in [-0.39, 0.29) is 6.42 Å². The van der Waals surface area contributed by atoms with Crippen LogP contribution in [-0.4, -0.2) is 35.0 Å². The molecule has 2 N–H and O–H groups in total. The van der Waals surface area contributed by atoms with Crippen LogP contribution in [0.5, 0.6) is 0 Å². The molecule has 2 aromatic rings. The zero-order valence-corrected chi connectivity index (χ0v) is 18.7. The van der Waals surface area contributed by atoms with Gasteiger partial charge in [0, 0.05) is 21.1 Å². The van der Waals surface area contributed by atoms with Crippen molar-refractivity contribution in [2.24, 2.45) is 0 Å². The number of ketones is 1. The first-order valence-electron chi connectivity index (χ1n) is 8.75. The van der Waals surface area contributed by atoms with Crippen molar-refractivity contribution in [1.29, 1.82) is 0 Å². The van der Waals surface area contributed by atoms with Crippen LogP contribution in [0.1, 0.15) is 38.5 Å². The van der Waals surface area contributed by atoms with Crippen LogP contribution in [0.2, 0.25) is 0 Å². The summed E-state index contributed by atoms with van der Waals surface area (Å²) in [7, 11) is 0. The van der Waals surface area contributed by atoms with Gasteiger partial charge in [0.1, 0.15) is 11.1 Å². The number of aliphatic hydroxyl groups is 1. The van der Waals surface area contributed by atoms with Gasteiger partial charge in [0.05, 0.1) is 3.79 Å². The molecule has 2 atom stereocenters. The highest BCUT2D eigenvalue weighted by Crippen LogP contribution is 2.36. The Morgan fingerprint density at radius 2 is 1.85 bits per heavy atom. The predicted molar refractivity (Wildman–Crippen MR) is 112 cm³/mol. The normalized spacial score (nSPS) is 16.3. The van der Waals surface area contributed by atoms with Crippen molar-refractivity contribution in [3.05, 3.63) is 32.9 Å². The smallest absolute Gasteiger partial charge is 0.268 e. The summed E-state index contributed by atoms with van der Waals surface area (Å²) < 4.78 is 27.7. The molecular formula is C19H24BrF2NO2S2. The van der Waals surface area contributed by atoms with Gasteiger partial charge < -0.3 is 10.4 Å². The molecule has 2 heterocycles. The molecule has 0 bridgehead atoms. The number of hydrogen-bond acceptors (Lipinski definition) is 5. The molecule has 0 aromatic carbocycles. The Bertz CT molecular complexity index is 775. The second kappa shape index (κ2) is 9.22. The van der Waals surface area contributed by atoms with E-state index in [1.165, 1.54) is 21.6 Å². The first kappa shape index (κ1) is 22.6. The van der Waals surface area contributed by atoms with E-state index in [1.54, 1.807) is 29.6 Å². The summed E-state index contributed by atoms with van der Waals surface area (Å²) in [5, 5.41) is 13.1. The van der Waals surface area contributed by atoms with Crippen LogP contribution in [0, 0.1) is 0 Å². The molecule has 150 valence electrons. The fourth-order valence-electron chi connectivity index (χ4n) is 2.82. The molecule has 0 aliphatic carbocycles. The van der Waals surface area contributed by atoms with Crippen LogP contribution >= 0.6 is 38.6 Å². The van der Waals surface area contributed by atoms with Crippen LogP contribution in [-0.2, 0) is 11.2 Å². The van der Waals surface area contributed by atoms with Gasteiger partial charge in [0.25, 0.3) is 6.43 Å². The van der Waals surface area contributed by atoms with Gasteiger partial charge in [-0.1, -0.05) is 6.92 Å². The van der Waals surface area contributed by atoms with E-state index >= 15 is 0 Å². The van der Waals surface area contributed by atoms with E-state index < -0.39 is 23.3 Å². The highest BCUT2D eigenvalue weighted by atomic mass is 79.9. The van der Waals surface area contributed by atoms with Crippen molar-refractivity contribution in [1.82, 2.24) is 5.32 Å². The summed E-state index contributed by atoms with van der Waals surface area (Å²) in [5.41, 5.74) is -4.11. The molecule has 0 radical (unpaired) electrons. The second-order valence-electron chi connectivity index (χ2n) is 6.75. The monoisotopic (exact) mass is 479 g/mol. The fraction of sp³-hybridized carbons (Fsp3) is 0.526. The fourth-order valence-corrected chi connectivity index (χ4v) is 5.35. The minimum absolute atomic E-state index is 0.0804. The summed E-state index contributed by atoms with van der Waals surface area (Å²) in [6.45, 7) is 4.36. The molecule has 27 heavy (non-hydrogen) atoms. The maximum atomic E-state index is 13.3. The van der Waals surface area contributed by atoms with E-state index in [2.05, 4.69) is 39.4 Å². The molecule has 0 aliphatic rings. The largest absolute Gasteiger partial charge is 0.382 e. The molecule has 2 aromatic heterocycles. The van der Waals surface area contributed by atoms with Gasteiger partial charge in [-0.3, -0.25) is 4.79 Å². The quantitative estimate of drug-likeness (QED) is 0.441. The number of rotatable bonds is 10. The minimum atomic E-state index is -3.02. The van der Waals surface area contributed by atoms with Gasteiger partial charge in [-0.2, -0.15) is 0 Å². The van der Waals surface area contributed by atoms with Gasteiger partial charge in [-0.25, -0.2) is 8.78 Å². The zero-order valence-electron chi connectivity index (χ0n) is 15.5. The van der Waals surface area contributed by atoms with Gasteiger partial charge in [0.15, 0.2) is 5.78 Å². The molecule has 0 aliphatic heterocycles. The van der Waals surface area contributed by atoms with Crippen molar-refractivity contribution >= 4 is 44.4 Å². The predicted octanol–water partition coefficient (Wildman–Crippen LogP) is 5.52. The summed E-state index contributed by atoms with van der Waals surface area (Å²) in [6.07, 6.45) is -1.48. The lowest BCUT2D eigenvalue weighted by atomic mass is 9.78. The molecule has 0 amide bonds. The van der Waals surface area contributed by atoms with Crippen molar-refractivity contribution in [3.8, 4) is 9.75 Å². The van der Waals surface area contributed by atoms with Crippen LogP contribution in [0.25, 0.3) is 9.75 Å². The van der Waals surface area contributed by atoms with Gasteiger partial charge in [-0.15, -0.1) is 22.7 Å². The number of hydrogen-bond donors (Lipinski definition) is 2. The van der Waals surface area contributed by atoms with E-state index in [4.69, 9.17) is 0 Å². The molecule has 0 fully saturated rings. The van der Waals surface area contributed by atoms with Crippen LogP contribution in [0.3, 0.4) is 0 Å². The van der Waals surface area contributed by atoms with E-state index in [0.29, 0.717) is 13.0 Å². The van der Waals surface area contributed by atoms with Gasteiger partial charge in [-0.05, 0) is 73.4 Å². The number of carbonyl (C=O) groups excluding carboxylic acids is 1. The highest BCUT2D eigenvalue weighted by molar-refractivity contribution is 9.11. The number of carbonyl (C=O) groups is 1. The van der Waals surface area contributed by atoms with Crippen molar-refractivity contribution in [2.45, 2.75) is 57.6 Å². The van der Waals surface area contributed by atoms with Gasteiger partial charge >= 0.3 is 0 Å². The molecule has 8 heteroatoms. The third-order valence-electron chi connectivity index (χ3n) is 4.87. The molecule has 2 rings (SSSR count). The first-order chi connectivity index (χ1) is 12.6. The number of halogens is 3. The number of Topliss-reactive ketones (excluding diaryl/α,β-unsaturated/α-hetero) is 1. The molecular weight excluding hydrogens is 456 g/mol. The third kappa shape index (κ3) is 5.03. The maximum absolute atomic E-state index is 13.3. The van der Waals surface area contributed by atoms with Crippen LogP contribution < -0.4 is 5.32 Å². The Morgan fingerprint density at radius 1 is 1.22 bits per heavy atom. The average Bonchev–Trinajstić information content (AvgIpc) is 3.26. The van der Waals surface area contributed by atoms with E-state index in [0.717, 1.165) is 17.1 Å². The highest BCUT2D eigenvalue weighted by Gasteiger charge is 2.53. The standard InChI is InChI=1S/C19H24BrF2NO2S2/c1-4-15(24)18(2,19(3,25)17(21)22)23-11-5-6-12-7-8-13(26-12)14-9-10-16(20)27-14/h7-10,17,23,25H,4-6,11H2,1-3H3. The number of alkyl halides is 2. The Hall–Kier alpha value is -0.670. The summed E-state index contributed by atoms with van der Waals surface area (Å²) in [5.74, 6) is -0.422. The molecule has 3 nitrogen and oxygen atoms in total. The minimum Gasteiger partial charge on any atom is -0.382 e. The summed E-state index contributed by atoms with van der Waals surface area (Å²) in [4.78, 5) is 15.8. The maximum Gasteiger partial charge on any atom is 0.268 e. The lowest BCUT2D eigenvalue weighted by molar-refractivity contribution is -0.158. The molecule has 0 spiro atoms. The third-order valence-corrected chi connectivity index (χ3v) is 7.84. The van der Waals surface area contributed by atoms with Crippen molar-refractivity contribution in [2.75, 3.05) is 6.54 Å². The molecule has 2 unspecified atom stereocenters. The Labute approximate surface area is 174 Å². The lowest BCUT2D eigenvalue weighted by Gasteiger charge is -2.41. The Morgan fingerprint density at radius 3 is 2.41 bits per heavy atom. The first-order valence-corrected chi connectivity index (χ1v) is 11.2. The lowest BCUT2D eigenvalue weighted by Crippen LogP contribution is -2.67. The van der Waals surface area contributed by atoms with E-state index in [9.17, 15) is 18.7 Å². The zero-order chi connectivity index (χ0) is 20.2. The number of thiophene rings is 2. The van der Waals surface area contributed by atoms with Crippen molar-refractivity contribution in [3.63, 3.8) is 0 Å². The van der Waals surface area contributed by atoms with Crippen LogP contribution in [0.4, 0.5) is 8.78 Å². The molecule has 0 saturated heterocycles. The second-order valence-corrected chi connectivity index (χ2v) is 10.4. The Balaban J connectivity index is 1.96. The topological polar surface area (TPSA) is 49.3 Å². The number of aryl methyl sites for hydroxylation is 1. The summed E-state index contributed by atoms with van der Waals surface area (Å²) in [6, 6.07) is 8.24. The summed E-state index contributed by atoms with van der Waals surface area (Å²) >= 11 is 6.84. The average molecular weight is 480 g/mol. The SMILES string of the molecule is CCC(=O)C(C)(NCCCc1ccc(-c2ccc(Br)s2)s1)C(C)(O)C(F)F. The van der Waals surface area contributed by atoms with E-state index in [1.807, 2.05) is 6.07 Å². The van der Waals surface area contributed by atoms with Gasteiger partial charge in [0.2, 0.25) is 0 Å². The Kier molecular flexibility index (Phi) is 7.72. The van der Waals surface area contributed by atoms with Crippen LogP contribution in [0.15, 0.2) is 28.1 Å². The number of nitrogens with one attached hydrogen (secondary N) is 1.